The highest BCUT2D eigenvalue weighted by atomic mass is 15.1. The van der Waals surface area contributed by atoms with Gasteiger partial charge in [-0.25, -0.2) is 4.98 Å². The van der Waals surface area contributed by atoms with Gasteiger partial charge >= 0.3 is 0 Å². The zero-order valence-corrected chi connectivity index (χ0v) is 10.4. The predicted octanol–water partition coefficient (Wildman–Crippen LogP) is 2.77. The number of hydrogen-bond acceptors (Lipinski definition) is 2. The van der Waals surface area contributed by atoms with Gasteiger partial charge in [-0.3, -0.25) is 0 Å². The summed E-state index contributed by atoms with van der Waals surface area (Å²) in [6, 6.07) is 8.69. The number of aryl methyl sites for hydroxylation is 1. The van der Waals surface area contributed by atoms with E-state index in [-0.39, 0.29) is 0 Å². The van der Waals surface area contributed by atoms with Crippen molar-refractivity contribution >= 4 is 0 Å². The van der Waals surface area contributed by atoms with Gasteiger partial charge < -0.3 is 10.3 Å². The maximum absolute atomic E-state index is 5.81. The first-order valence-electron chi connectivity index (χ1n) is 6.05. The highest BCUT2D eigenvalue weighted by Gasteiger charge is 2.13. The Hall–Kier alpha value is -1.61. The van der Waals surface area contributed by atoms with E-state index in [0.29, 0.717) is 12.6 Å². The zero-order chi connectivity index (χ0) is 12.3. The molecule has 1 aromatic carbocycles. The van der Waals surface area contributed by atoms with Gasteiger partial charge in [0.05, 0.1) is 18.2 Å². The molecule has 0 radical (unpaired) electrons. The van der Waals surface area contributed by atoms with Gasteiger partial charge in [-0.2, -0.15) is 0 Å². The first-order valence-corrected chi connectivity index (χ1v) is 6.05. The zero-order valence-electron chi connectivity index (χ0n) is 10.4. The second kappa shape index (κ2) is 5.15. The van der Waals surface area contributed by atoms with Crippen LogP contribution in [0.3, 0.4) is 0 Å². The molecule has 0 fully saturated rings. The maximum atomic E-state index is 5.81. The van der Waals surface area contributed by atoms with E-state index in [4.69, 9.17) is 5.73 Å². The first-order chi connectivity index (χ1) is 8.27. The van der Waals surface area contributed by atoms with Crippen molar-refractivity contribution in [2.45, 2.75) is 26.3 Å². The van der Waals surface area contributed by atoms with Gasteiger partial charge in [0.25, 0.3) is 0 Å². The number of nitrogens with zero attached hydrogens (tertiary/aromatic N) is 2. The summed E-state index contributed by atoms with van der Waals surface area (Å²) in [4.78, 5) is 4.26. The van der Waals surface area contributed by atoms with Crippen LogP contribution in [0.15, 0.2) is 36.8 Å². The molecule has 17 heavy (non-hydrogen) atoms. The van der Waals surface area contributed by atoms with Crippen molar-refractivity contribution in [1.29, 1.82) is 0 Å². The molecule has 3 heteroatoms. The Kier molecular flexibility index (Phi) is 3.59. The minimum absolute atomic E-state index is 0.326. The van der Waals surface area contributed by atoms with Crippen molar-refractivity contribution in [2.75, 3.05) is 6.54 Å². The van der Waals surface area contributed by atoms with Gasteiger partial charge in [0.2, 0.25) is 0 Å². The van der Waals surface area contributed by atoms with Crippen molar-refractivity contribution in [2.24, 2.45) is 5.73 Å². The molecule has 0 aliphatic heterocycles. The van der Waals surface area contributed by atoms with Crippen molar-refractivity contribution in [3.05, 3.63) is 42.4 Å². The van der Waals surface area contributed by atoms with E-state index in [2.05, 4.69) is 47.7 Å². The van der Waals surface area contributed by atoms with E-state index in [1.807, 2.05) is 12.5 Å². The molecule has 0 saturated heterocycles. The SMILES string of the molecule is CCC(CN)n1cncc1-c1ccccc1C. The van der Waals surface area contributed by atoms with Crippen LogP contribution in [0.5, 0.6) is 0 Å². The van der Waals surface area contributed by atoms with Crippen LogP contribution >= 0.6 is 0 Å². The maximum Gasteiger partial charge on any atom is 0.0954 e. The number of benzene rings is 1. The van der Waals surface area contributed by atoms with Crippen molar-refractivity contribution in [3.63, 3.8) is 0 Å². The Morgan fingerprint density at radius 1 is 1.35 bits per heavy atom. The van der Waals surface area contributed by atoms with Gasteiger partial charge in [0.1, 0.15) is 0 Å². The van der Waals surface area contributed by atoms with Crippen LogP contribution in [0.2, 0.25) is 0 Å². The van der Waals surface area contributed by atoms with Gasteiger partial charge in [0, 0.05) is 18.2 Å². The standard InChI is InChI=1S/C14H19N3/c1-3-12(8-15)17-10-16-9-14(17)13-7-5-4-6-11(13)2/h4-7,9-10,12H,3,8,15H2,1-2H3. The molecule has 3 nitrogen and oxygen atoms in total. The monoisotopic (exact) mass is 229 g/mol. The molecule has 2 N–H and O–H groups in total. The van der Waals surface area contributed by atoms with E-state index in [0.717, 1.165) is 12.1 Å². The lowest BCUT2D eigenvalue weighted by molar-refractivity contribution is 0.500. The van der Waals surface area contributed by atoms with Crippen LogP contribution in [0.4, 0.5) is 0 Å². The molecular formula is C14H19N3. The average molecular weight is 229 g/mol. The molecule has 1 heterocycles. The van der Waals surface area contributed by atoms with Crippen LogP contribution in [0.1, 0.15) is 24.9 Å². The van der Waals surface area contributed by atoms with Gasteiger partial charge in [0.15, 0.2) is 0 Å². The molecule has 2 aromatic rings. The molecule has 2 rings (SSSR count). The Labute approximate surface area is 102 Å². The van der Waals surface area contributed by atoms with Crippen molar-refractivity contribution in [1.82, 2.24) is 9.55 Å². The fourth-order valence-electron chi connectivity index (χ4n) is 2.14. The van der Waals surface area contributed by atoms with Crippen molar-refractivity contribution < 1.29 is 0 Å². The summed E-state index contributed by atoms with van der Waals surface area (Å²) < 4.78 is 2.18. The second-order valence-corrected chi connectivity index (χ2v) is 4.30. The van der Waals surface area contributed by atoms with Crippen LogP contribution in [0, 0.1) is 6.92 Å². The van der Waals surface area contributed by atoms with E-state index in [1.54, 1.807) is 0 Å². The summed E-state index contributed by atoms with van der Waals surface area (Å²) >= 11 is 0. The first kappa shape index (κ1) is 11.9. The third-order valence-electron chi connectivity index (χ3n) is 3.22. The highest BCUT2D eigenvalue weighted by molar-refractivity contribution is 5.63. The predicted molar refractivity (Wildman–Crippen MR) is 70.8 cm³/mol. The molecule has 90 valence electrons. The Balaban J connectivity index is 2.47. The lowest BCUT2D eigenvalue weighted by atomic mass is 10.1. The van der Waals surface area contributed by atoms with E-state index >= 15 is 0 Å². The van der Waals surface area contributed by atoms with Gasteiger partial charge in [-0.05, 0) is 18.9 Å². The van der Waals surface area contributed by atoms with E-state index < -0.39 is 0 Å². The summed E-state index contributed by atoms with van der Waals surface area (Å²) in [5.74, 6) is 0. The minimum atomic E-state index is 0.326. The van der Waals surface area contributed by atoms with Crippen molar-refractivity contribution in [3.8, 4) is 11.3 Å². The molecule has 0 spiro atoms. The fourth-order valence-corrected chi connectivity index (χ4v) is 2.14. The molecular weight excluding hydrogens is 210 g/mol. The van der Waals surface area contributed by atoms with E-state index in [9.17, 15) is 0 Å². The number of hydrogen-bond donors (Lipinski definition) is 1. The molecule has 1 unspecified atom stereocenters. The molecule has 0 amide bonds. The third-order valence-corrected chi connectivity index (χ3v) is 3.22. The number of nitrogens with two attached hydrogens (primary N) is 1. The van der Waals surface area contributed by atoms with E-state index in [1.165, 1.54) is 11.1 Å². The highest BCUT2D eigenvalue weighted by Crippen LogP contribution is 2.26. The number of rotatable bonds is 4. The van der Waals surface area contributed by atoms with Gasteiger partial charge in [-0.1, -0.05) is 31.2 Å². The fraction of sp³-hybridized carbons (Fsp3) is 0.357. The second-order valence-electron chi connectivity index (χ2n) is 4.30. The smallest absolute Gasteiger partial charge is 0.0954 e. The molecule has 1 aromatic heterocycles. The van der Waals surface area contributed by atoms with Crippen LogP contribution in [-0.2, 0) is 0 Å². The molecule has 1 atom stereocenters. The minimum Gasteiger partial charge on any atom is -0.328 e. The lowest BCUT2D eigenvalue weighted by Crippen LogP contribution is -2.18. The Morgan fingerprint density at radius 2 is 2.12 bits per heavy atom. The number of imidazole rings is 1. The summed E-state index contributed by atoms with van der Waals surface area (Å²) in [6.45, 7) is 4.92. The average Bonchev–Trinajstić information content (AvgIpc) is 2.80. The van der Waals surface area contributed by atoms with Crippen LogP contribution < -0.4 is 5.73 Å². The largest absolute Gasteiger partial charge is 0.328 e. The van der Waals surface area contributed by atoms with Gasteiger partial charge in [-0.15, -0.1) is 0 Å². The third kappa shape index (κ3) is 2.24. The normalized spacial score (nSPS) is 12.6. The Bertz CT molecular complexity index is 484. The topological polar surface area (TPSA) is 43.8 Å². The summed E-state index contributed by atoms with van der Waals surface area (Å²) in [7, 11) is 0. The Morgan fingerprint density at radius 3 is 2.76 bits per heavy atom. The summed E-state index contributed by atoms with van der Waals surface area (Å²) in [5.41, 5.74) is 9.46. The molecule has 0 bridgehead atoms. The summed E-state index contributed by atoms with van der Waals surface area (Å²) in [6.07, 6.45) is 4.81. The molecule has 0 aliphatic carbocycles. The summed E-state index contributed by atoms with van der Waals surface area (Å²) in [5, 5.41) is 0. The molecule has 0 aliphatic rings. The lowest BCUT2D eigenvalue weighted by Gasteiger charge is -2.18. The number of aromatic nitrogens is 2. The van der Waals surface area contributed by atoms with Crippen LogP contribution in [-0.4, -0.2) is 16.1 Å². The molecule has 0 saturated carbocycles. The van der Waals surface area contributed by atoms with Crippen LogP contribution in [0.25, 0.3) is 11.3 Å². The quantitative estimate of drug-likeness (QED) is 0.876.